The molecule has 2 rings (SSSR count). The molecule has 0 amide bonds. The summed E-state index contributed by atoms with van der Waals surface area (Å²) in [5, 5.41) is 13.4. The third-order valence-electron chi connectivity index (χ3n) is 5.12. The van der Waals surface area contributed by atoms with Crippen molar-refractivity contribution in [1.82, 2.24) is 10.2 Å². The Labute approximate surface area is 129 Å². The number of piperidine rings is 1. The summed E-state index contributed by atoms with van der Waals surface area (Å²) in [6, 6.07) is 11.1. The summed E-state index contributed by atoms with van der Waals surface area (Å²) < 4.78 is 0. The second kappa shape index (κ2) is 7.92. The molecule has 0 saturated carbocycles. The molecule has 1 aliphatic heterocycles. The third kappa shape index (κ3) is 3.85. The van der Waals surface area contributed by atoms with E-state index in [9.17, 15) is 5.11 Å². The van der Waals surface area contributed by atoms with Gasteiger partial charge >= 0.3 is 0 Å². The standard InChI is InChI=1S/C18H30N2O/c1-3-17-11-7-8-13-20(17)14-12-18(15-21,19-2)16-9-5-4-6-10-16/h4-6,9-10,17,19,21H,3,7-8,11-15H2,1-2H3. The van der Waals surface area contributed by atoms with Crippen LogP contribution in [-0.2, 0) is 5.54 Å². The Morgan fingerprint density at radius 1 is 1.29 bits per heavy atom. The average Bonchev–Trinajstić information content (AvgIpc) is 2.57. The third-order valence-corrected chi connectivity index (χ3v) is 5.12. The fraction of sp³-hybridized carbons (Fsp3) is 0.667. The van der Waals surface area contributed by atoms with E-state index in [-0.39, 0.29) is 12.1 Å². The van der Waals surface area contributed by atoms with Gasteiger partial charge in [0, 0.05) is 12.6 Å². The predicted octanol–water partition coefficient (Wildman–Crippen LogP) is 2.75. The van der Waals surface area contributed by atoms with Crippen LogP contribution in [0.4, 0.5) is 0 Å². The number of benzene rings is 1. The molecule has 1 saturated heterocycles. The van der Waals surface area contributed by atoms with Crippen LogP contribution in [0.3, 0.4) is 0 Å². The number of hydrogen-bond acceptors (Lipinski definition) is 3. The number of hydrogen-bond donors (Lipinski definition) is 2. The molecule has 0 aliphatic carbocycles. The minimum absolute atomic E-state index is 0.137. The van der Waals surface area contributed by atoms with E-state index in [4.69, 9.17) is 0 Å². The van der Waals surface area contributed by atoms with Crippen LogP contribution >= 0.6 is 0 Å². The SMILES string of the molecule is CCC1CCCCN1CCC(CO)(NC)c1ccccc1. The number of nitrogens with zero attached hydrogens (tertiary/aromatic N) is 1. The summed E-state index contributed by atoms with van der Waals surface area (Å²) in [5.74, 6) is 0. The highest BCUT2D eigenvalue weighted by Gasteiger charge is 2.31. The Morgan fingerprint density at radius 2 is 2.05 bits per heavy atom. The first-order chi connectivity index (χ1) is 10.3. The molecule has 0 radical (unpaired) electrons. The van der Waals surface area contributed by atoms with Crippen LogP contribution < -0.4 is 5.32 Å². The van der Waals surface area contributed by atoms with E-state index in [2.05, 4.69) is 29.3 Å². The lowest BCUT2D eigenvalue weighted by atomic mass is 9.86. The van der Waals surface area contributed by atoms with Gasteiger partial charge in [-0.15, -0.1) is 0 Å². The van der Waals surface area contributed by atoms with Gasteiger partial charge in [0.15, 0.2) is 0 Å². The maximum Gasteiger partial charge on any atom is 0.0678 e. The zero-order valence-electron chi connectivity index (χ0n) is 13.5. The summed E-state index contributed by atoms with van der Waals surface area (Å²) in [5.41, 5.74) is 0.858. The van der Waals surface area contributed by atoms with Crippen molar-refractivity contribution < 1.29 is 5.11 Å². The lowest BCUT2D eigenvalue weighted by Gasteiger charge is -2.39. The number of aliphatic hydroxyl groups is 1. The Morgan fingerprint density at radius 3 is 2.67 bits per heavy atom. The van der Waals surface area contributed by atoms with E-state index in [1.165, 1.54) is 37.8 Å². The van der Waals surface area contributed by atoms with Gasteiger partial charge in [-0.05, 0) is 44.8 Å². The van der Waals surface area contributed by atoms with Crippen molar-refractivity contribution >= 4 is 0 Å². The van der Waals surface area contributed by atoms with Gasteiger partial charge in [0.25, 0.3) is 0 Å². The minimum Gasteiger partial charge on any atom is -0.394 e. The smallest absolute Gasteiger partial charge is 0.0678 e. The van der Waals surface area contributed by atoms with E-state index in [1.807, 2.05) is 25.2 Å². The summed E-state index contributed by atoms with van der Waals surface area (Å²) >= 11 is 0. The van der Waals surface area contributed by atoms with Crippen molar-refractivity contribution in [2.45, 2.75) is 50.6 Å². The molecule has 0 aromatic heterocycles. The van der Waals surface area contributed by atoms with Crippen molar-refractivity contribution in [1.29, 1.82) is 0 Å². The van der Waals surface area contributed by atoms with Crippen LogP contribution in [-0.4, -0.2) is 42.8 Å². The first-order valence-electron chi connectivity index (χ1n) is 8.35. The van der Waals surface area contributed by atoms with Crippen molar-refractivity contribution in [3.8, 4) is 0 Å². The van der Waals surface area contributed by atoms with Gasteiger partial charge in [0.2, 0.25) is 0 Å². The lowest BCUT2D eigenvalue weighted by Crippen LogP contribution is -2.48. The summed E-state index contributed by atoms with van der Waals surface area (Å²) in [6.07, 6.45) is 6.18. The molecule has 3 nitrogen and oxygen atoms in total. The first-order valence-corrected chi connectivity index (χ1v) is 8.35. The van der Waals surface area contributed by atoms with Crippen LogP contribution in [0.25, 0.3) is 0 Å². The predicted molar refractivity (Wildman–Crippen MR) is 88.4 cm³/mol. The molecule has 1 aromatic rings. The number of nitrogens with one attached hydrogen (secondary N) is 1. The van der Waals surface area contributed by atoms with Gasteiger partial charge in [0.05, 0.1) is 12.1 Å². The Hall–Kier alpha value is -0.900. The molecule has 118 valence electrons. The molecular formula is C18H30N2O. The van der Waals surface area contributed by atoms with Crippen LogP contribution in [0.15, 0.2) is 30.3 Å². The molecule has 0 bridgehead atoms. The summed E-state index contributed by atoms with van der Waals surface area (Å²) in [6.45, 7) is 4.68. The van der Waals surface area contributed by atoms with Gasteiger partial charge in [-0.25, -0.2) is 0 Å². The molecule has 2 N–H and O–H groups in total. The average molecular weight is 290 g/mol. The van der Waals surface area contributed by atoms with Crippen molar-refractivity contribution in [3.05, 3.63) is 35.9 Å². The van der Waals surface area contributed by atoms with Gasteiger partial charge in [-0.1, -0.05) is 43.7 Å². The number of aliphatic hydroxyl groups excluding tert-OH is 1. The summed E-state index contributed by atoms with van der Waals surface area (Å²) in [4.78, 5) is 2.62. The quantitative estimate of drug-likeness (QED) is 0.810. The Balaban J connectivity index is 2.06. The first kappa shape index (κ1) is 16.5. The molecule has 1 aromatic carbocycles. The fourth-order valence-electron chi connectivity index (χ4n) is 3.57. The highest BCUT2D eigenvalue weighted by atomic mass is 16.3. The van der Waals surface area contributed by atoms with Crippen molar-refractivity contribution in [3.63, 3.8) is 0 Å². The van der Waals surface area contributed by atoms with Crippen LogP contribution in [0.1, 0.15) is 44.6 Å². The molecular weight excluding hydrogens is 260 g/mol. The zero-order chi connectivity index (χ0) is 15.1. The highest BCUT2D eigenvalue weighted by molar-refractivity contribution is 5.24. The van der Waals surface area contributed by atoms with Gasteiger partial charge in [-0.3, -0.25) is 0 Å². The van der Waals surface area contributed by atoms with E-state index >= 15 is 0 Å². The van der Waals surface area contributed by atoms with Gasteiger partial charge in [-0.2, -0.15) is 0 Å². The maximum absolute atomic E-state index is 10.0. The highest BCUT2D eigenvalue weighted by Crippen LogP contribution is 2.27. The largest absolute Gasteiger partial charge is 0.394 e. The van der Waals surface area contributed by atoms with Gasteiger partial charge < -0.3 is 15.3 Å². The van der Waals surface area contributed by atoms with Crippen molar-refractivity contribution in [2.24, 2.45) is 0 Å². The van der Waals surface area contributed by atoms with E-state index < -0.39 is 0 Å². The van der Waals surface area contributed by atoms with E-state index in [1.54, 1.807) is 0 Å². The zero-order valence-corrected chi connectivity index (χ0v) is 13.5. The normalized spacial score (nSPS) is 22.9. The summed E-state index contributed by atoms with van der Waals surface area (Å²) in [7, 11) is 1.96. The molecule has 1 aliphatic rings. The molecule has 3 heteroatoms. The molecule has 1 fully saturated rings. The molecule has 1 heterocycles. The Kier molecular flexibility index (Phi) is 6.22. The maximum atomic E-state index is 10.0. The molecule has 2 atom stereocenters. The monoisotopic (exact) mass is 290 g/mol. The van der Waals surface area contributed by atoms with E-state index in [0.29, 0.717) is 0 Å². The number of likely N-dealkylation sites (N-methyl/N-ethyl adjacent to an activating group) is 1. The number of likely N-dealkylation sites (tertiary alicyclic amines) is 1. The minimum atomic E-state index is -0.322. The molecule has 0 spiro atoms. The lowest BCUT2D eigenvalue weighted by molar-refractivity contribution is 0.101. The van der Waals surface area contributed by atoms with Crippen LogP contribution in [0.2, 0.25) is 0 Å². The second-order valence-electron chi connectivity index (χ2n) is 6.20. The Bertz CT molecular complexity index is 403. The van der Waals surface area contributed by atoms with Crippen molar-refractivity contribution in [2.75, 3.05) is 26.7 Å². The fourth-order valence-corrected chi connectivity index (χ4v) is 3.57. The van der Waals surface area contributed by atoms with Crippen LogP contribution in [0.5, 0.6) is 0 Å². The second-order valence-corrected chi connectivity index (χ2v) is 6.20. The van der Waals surface area contributed by atoms with Crippen LogP contribution in [0, 0.1) is 0 Å². The number of rotatable bonds is 7. The van der Waals surface area contributed by atoms with Gasteiger partial charge in [0.1, 0.15) is 0 Å². The molecule has 21 heavy (non-hydrogen) atoms. The molecule has 2 unspecified atom stereocenters. The topological polar surface area (TPSA) is 35.5 Å². The van der Waals surface area contributed by atoms with E-state index in [0.717, 1.165) is 19.0 Å².